The first-order valence-electron chi connectivity index (χ1n) is 5.93. The minimum atomic E-state index is -3.36. The Morgan fingerprint density at radius 2 is 1.78 bits per heavy atom. The number of aliphatic hydroxyl groups is 1. The summed E-state index contributed by atoms with van der Waals surface area (Å²) < 4.78 is 25.7. The van der Waals surface area contributed by atoms with E-state index in [2.05, 4.69) is 4.72 Å². The molecule has 0 aliphatic carbocycles. The van der Waals surface area contributed by atoms with Crippen molar-refractivity contribution in [2.75, 3.05) is 6.54 Å². The zero-order valence-corrected chi connectivity index (χ0v) is 12.1. The molecule has 5 heteroatoms. The average Bonchev–Trinajstić information content (AvgIpc) is 2.27. The van der Waals surface area contributed by atoms with Gasteiger partial charge >= 0.3 is 0 Å². The van der Waals surface area contributed by atoms with Crippen molar-refractivity contribution >= 4 is 10.0 Å². The van der Waals surface area contributed by atoms with Gasteiger partial charge < -0.3 is 5.11 Å². The van der Waals surface area contributed by atoms with E-state index in [4.69, 9.17) is 0 Å². The topological polar surface area (TPSA) is 66.4 Å². The molecule has 0 spiro atoms. The van der Waals surface area contributed by atoms with Crippen molar-refractivity contribution in [3.8, 4) is 0 Å². The second-order valence-electron chi connectivity index (χ2n) is 5.05. The van der Waals surface area contributed by atoms with Crippen LogP contribution in [0.25, 0.3) is 0 Å². The molecule has 0 saturated carbocycles. The Balaban J connectivity index is 2.80. The van der Waals surface area contributed by atoms with Gasteiger partial charge in [0.1, 0.15) is 5.60 Å². The molecule has 0 aliphatic rings. The fourth-order valence-electron chi connectivity index (χ4n) is 1.42. The lowest BCUT2D eigenvalue weighted by Gasteiger charge is -2.25. The monoisotopic (exact) mass is 271 g/mol. The minimum absolute atomic E-state index is 0.0312. The van der Waals surface area contributed by atoms with E-state index in [9.17, 15) is 13.5 Å². The number of rotatable bonds is 5. The van der Waals surface area contributed by atoms with Gasteiger partial charge in [-0.05, 0) is 33.3 Å². The van der Waals surface area contributed by atoms with Crippen molar-refractivity contribution < 1.29 is 13.5 Å². The van der Waals surface area contributed by atoms with Crippen molar-refractivity contribution in [1.82, 2.24) is 4.72 Å². The van der Waals surface area contributed by atoms with Gasteiger partial charge in [-0.2, -0.15) is 0 Å². The van der Waals surface area contributed by atoms with E-state index in [0.717, 1.165) is 5.56 Å². The maximum atomic E-state index is 11.6. The molecular formula is C13H21NO3S. The quantitative estimate of drug-likeness (QED) is 0.853. The summed E-state index contributed by atoms with van der Waals surface area (Å²) in [6, 6.07) is 7.39. The third kappa shape index (κ3) is 3.80. The molecule has 0 radical (unpaired) electrons. The first-order chi connectivity index (χ1) is 8.15. The molecule has 1 rings (SSSR count). The van der Waals surface area contributed by atoms with Crippen molar-refractivity contribution in [1.29, 1.82) is 0 Å². The smallest absolute Gasteiger partial charge is 0.214 e. The van der Waals surface area contributed by atoms with Gasteiger partial charge in [-0.15, -0.1) is 0 Å². The second kappa shape index (κ2) is 5.38. The lowest BCUT2D eigenvalue weighted by Crippen LogP contribution is -2.41. The number of benzene rings is 1. The molecule has 0 bridgehead atoms. The summed E-state index contributed by atoms with van der Waals surface area (Å²) in [6.07, 6.45) is 0. The predicted octanol–water partition coefficient (Wildman–Crippen LogP) is 1.53. The summed E-state index contributed by atoms with van der Waals surface area (Å²) in [4.78, 5) is 0. The SMILES string of the molecule is Cc1ccc(C(C)(O)CNS(=O)(=O)C(C)C)cc1. The van der Waals surface area contributed by atoms with Crippen LogP contribution in [0.2, 0.25) is 0 Å². The molecular weight excluding hydrogens is 250 g/mol. The van der Waals surface area contributed by atoms with Crippen LogP contribution in [0.5, 0.6) is 0 Å². The van der Waals surface area contributed by atoms with E-state index in [1.54, 1.807) is 32.9 Å². The van der Waals surface area contributed by atoms with Crippen LogP contribution in [-0.2, 0) is 15.6 Å². The van der Waals surface area contributed by atoms with E-state index >= 15 is 0 Å². The number of nitrogens with one attached hydrogen (secondary N) is 1. The van der Waals surface area contributed by atoms with Crippen LogP contribution in [0, 0.1) is 6.92 Å². The summed E-state index contributed by atoms with van der Waals surface area (Å²) in [5.41, 5.74) is 0.576. The van der Waals surface area contributed by atoms with Gasteiger partial charge in [-0.25, -0.2) is 13.1 Å². The van der Waals surface area contributed by atoms with Gasteiger partial charge in [0, 0.05) is 6.54 Å². The van der Waals surface area contributed by atoms with Gasteiger partial charge in [0.05, 0.1) is 5.25 Å². The fourth-order valence-corrected chi connectivity index (χ4v) is 2.24. The van der Waals surface area contributed by atoms with Crippen molar-refractivity contribution in [3.63, 3.8) is 0 Å². The molecule has 0 aromatic heterocycles. The molecule has 102 valence electrons. The highest BCUT2D eigenvalue weighted by molar-refractivity contribution is 7.90. The average molecular weight is 271 g/mol. The number of aryl methyl sites for hydroxylation is 1. The Kier molecular flexibility index (Phi) is 4.53. The van der Waals surface area contributed by atoms with Crippen LogP contribution in [-0.4, -0.2) is 25.3 Å². The number of hydrogen-bond donors (Lipinski definition) is 2. The highest BCUT2D eigenvalue weighted by Gasteiger charge is 2.26. The van der Waals surface area contributed by atoms with E-state index < -0.39 is 20.9 Å². The van der Waals surface area contributed by atoms with Crippen LogP contribution in [0.1, 0.15) is 31.9 Å². The van der Waals surface area contributed by atoms with Crippen molar-refractivity contribution in [3.05, 3.63) is 35.4 Å². The summed E-state index contributed by atoms with van der Waals surface area (Å²) >= 11 is 0. The Bertz CT molecular complexity index is 489. The lowest BCUT2D eigenvalue weighted by atomic mass is 9.95. The van der Waals surface area contributed by atoms with Gasteiger partial charge in [0.2, 0.25) is 10.0 Å². The third-order valence-corrected chi connectivity index (χ3v) is 4.70. The summed E-state index contributed by atoms with van der Waals surface area (Å²) in [5, 5.41) is 9.79. The Hall–Kier alpha value is -0.910. The van der Waals surface area contributed by atoms with Crippen LogP contribution >= 0.6 is 0 Å². The highest BCUT2D eigenvalue weighted by atomic mass is 32.2. The first kappa shape index (κ1) is 15.1. The van der Waals surface area contributed by atoms with E-state index in [-0.39, 0.29) is 6.54 Å². The van der Waals surface area contributed by atoms with Gasteiger partial charge in [0.15, 0.2) is 0 Å². The molecule has 0 amide bonds. The molecule has 0 heterocycles. The Morgan fingerprint density at radius 3 is 2.22 bits per heavy atom. The van der Waals surface area contributed by atoms with Crippen LogP contribution in [0.4, 0.5) is 0 Å². The van der Waals surface area contributed by atoms with E-state index in [1.165, 1.54) is 0 Å². The summed E-state index contributed by atoms with van der Waals surface area (Å²) in [6.45, 7) is 6.73. The molecule has 1 aromatic rings. The normalized spacial score (nSPS) is 15.7. The lowest BCUT2D eigenvalue weighted by molar-refractivity contribution is 0.0627. The van der Waals surface area contributed by atoms with Gasteiger partial charge in [-0.3, -0.25) is 0 Å². The summed E-state index contributed by atoms with van der Waals surface area (Å²) in [7, 11) is -3.36. The molecule has 4 nitrogen and oxygen atoms in total. The number of sulfonamides is 1. The van der Waals surface area contributed by atoms with Gasteiger partial charge in [-0.1, -0.05) is 29.8 Å². The zero-order valence-electron chi connectivity index (χ0n) is 11.3. The van der Waals surface area contributed by atoms with Crippen LogP contribution < -0.4 is 4.72 Å². The van der Waals surface area contributed by atoms with Crippen molar-refractivity contribution in [2.24, 2.45) is 0 Å². The molecule has 0 aliphatic heterocycles. The third-order valence-electron chi connectivity index (χ3n) is 2.91. The molecule has 0 saturated heterocycles. The van der Waals surface area contributed by atoms with E-state index in [1.807, 2.05) is 19.1 Å². The maximum Gasteiger partial charge on any atom is 0.214 e. The highest BCUT2D eigenvalue weighted by Crippen LogP contribution is 2.20. The molecule has 1 atom stereocenters. The molecule has 1 aromatic carbocycles. The van der Waals surface area contributed by atoms with Gasteiger partial charge in [0.25, 0.3) is 0 Å². The van der Waals surface area contributed by atoms with Crippen LogP contribution in [0.3, 0.4) is 0 Å². The summed E-state index contributed by atoms with van der Waals surface area (Å²) in [5.74, 6) is 0. The second-order valence-corrected chi connectivity index (χ2v) is 7.38. The molecule has 0 fully saturated rings. The first-order valence-corrected chi connectivity index (χ1v) is 7.48. The molecule has 2 N–H and O–H groups in total. The Morgan fingerprint density at radius 1 is 1.28 bits per heavy atom. The number of hydrogen-bond acceptors (Lipinski definition) is 3. The fraction of sp³-hybridized carbons (Fsp3) is 0.538. The predicted molar refractivity (Wildman–Crippen MR) is 72.8 cm³/mol. The maximum absolute atomic E-state index is 11.6. The van der Waals surface area contributed by atoms with Crippen molar-refractivity contribution in [2.45, 2.75) is 38.5 Å². The standard InChI is InChI=1S/C13H21NO3S/c1-10(2)18(16,17)14-9-13(4,15)12-7-5-11(3)6-8-12/h5-8,10,14-15H,9H2,1-4H3. The Labute approximate surface area is 109 Å². The molecule has 1 unspecified atom stereocenters. The van der Waals surface area contributed by atoms with Crippen LogP contribution in [0.15, 0.2) is 24.3 Å². The van der Waals surface area contributed by atoms with E-state index in [0.29, 0.717) is 5.56 Å². The minimum Gasteiger partial charge on any atom is -0.384 e. The zero-order chi connectivity index (χ0) is 14.0. The molecule has 18 heavy (non-hydrogen) atoms. The largest absolute Gasteiger partial charge is 0.384 e.